The second kappa shape index (κ2) is 11.0. The minimum atomic E-state index is -3.71. The number of ether oxygens (including phenoxy) is 3. The van der Waals surface area contributed by atoms with Crippen LogP contribution < -0.4 is 14.4 Å². The number of aromatic nitrogens is 1. The summed E-state index contributed by atoms with van der Waals surface area (Å²) >= 11 is 0. The second-order valence-electron chi connectivity index (χ2n) is 9.91. The Morgan fingerprint density at radius 3 is 2.49 bits per heavy atom. The molecule has 1 fully saturated rings. The molecule has 0 N–H and O–H groups in total. The van der Waals surface area contributed by atoms with Crippen molar-refractivity contribution in [3.63, 3.8) is 0 Å². The Morgan fingerprint density at radius 1 is 0.976 bits per heavy atom. The number of carbonyl (C=O) groups is 1. The van der Waals surface area contributed by atoms with E-state index in [1.54, 1.807) is 37.3 Å². The molecule has 1 amide bonds. The van der Waals surface area contributed by atoms with E-state index in [0.29, 0.717) is 67.8 Å². The van der Waals surface area contributed by atoms with Crippen LogP contribution in [0.15, 0.2) is 77.8 Å². The van der Waals surface area contributed by atoms with E-state index in [2.05, 4.69) is 4.57 Å². The minimum Gasteiger partial charge on any atom is -0.493 e. The predicted octanol–water partition coefficient (Wildman–Crippen LogP) is 4.27. The SMILES string of the molecule is COc1ccccc1OCCn1cc(C=C2C(=O)N(C)c3ccc(S(=O)(=O)N4CCOCC4)cc32)c2ccccc21. The average molecular weight is 574 g/mol. The van der Waals surface area contributed by atoms with E-state index in [9.17, 15) is 13.2 Å². The molecule has 0 unspecified atom stereocenters. The topological polar surface area (TPSA) is 90.3 Å². The summed E-state index contributed by atoms with van der Waals surface area (Å²) in [5.74, 6) is 1.16. The van der Waals surface area contributed by atoms with Crippen LogP contribution in [0.25, 0.3) is 22.6 Å². The van der Waals surface area contributed by atoms with Crippen LogP contribution in [0.5, 0.6) is 11.5 Å². The Hall–Kier alpha value is -4.12. The summed E-state index contributed by atoms with van der Waals surface area (Å²) in [7, 11) is -0.396. The Bertz CT molecular complexity index is 1750. The number of para-hydroxylation sites is 3. The van der Waals surface area contributed by atoms with Gasteiger partial charge in [-0.2, -0.15) is 4.31 Å². The van der Waals surface area contributed by atoms with Gasteiger partial charge < -0.3 is 23.7 Å². The number of fused-ring (bicyclic) bond motifs is 2. The summed E-state index contributed by atoms with van der Waals surface area (Å²) in [6.07, 6.45) is 3.86. The van der Waals surface area contributed by atoms with Crippen molar-refractivity contribution < 1.29 is 27.4 Å². The number of nitrogens with zero attached hydrogens (tertiary/aromatic N) is 3. The van der Waals surface area contributed by atoms with E-state index in [0.717, 1.165) is 16.5 Å². The van der Waals surface area contributed by atoms with Crippen LogP contribution in [0.4, 0.5) is 5.69 Å². The van der Waals surface area contributed by atoms with Gasteiger partial charge in [0, 0.05) is 53.9 Å². The molecule has 0 aliphatic carbocycles. The maximum Gasteiger partial charge on any atom is 0.258 e. The zero-order valence-electron chi connectivity index (χ0n) is 22.9. The molecule has 0 saturated carbocycles. The average Bonchev–Trinajstić information content (AvgIpc) is 3.47. The fraction of sp³-hybridized carbons (Fsp3) is 0.258. The highest BCUT2D eigenvalue weighted by atomic mass is 32.2. The van der Waals surface area contributed by atoms with Gasteiger partial charge in [0.05, 0.1) is 37.5 Å². The number of hydrogen-bond acceptors (Lipinski definition) is 6. The van der Waals surface area contributed by atoms with E-state index in [1.165, 1.54) is 4.31 Å². The number of benzene rings is 3. The van der Waals surface area contributed by atoms with Crippen LogP contribution >= 0.6 is 0 Å². The number of hydrogen-bond donors (Lipinski definition) is 0. The lowest BCUT2D eigenvalue weighted by atomic mass is 10.0. The van der Waals surface area contributed by atoms with Crippen molar-refractivity contribution in [1.82, 2.24) is 8.87 Å². The zero-order chi connectivity index (χ0) is 28.6. The molecule has 1 saturated heterocycles. The first-order valence-electron chi connectivity index (χ1n) is 13.4. The van der Waals surface area contributed by atoms with Crippen molar-refractivity contribution in [3.8, 4) is 11.5 Å². The molecule has 4 aromatic rings. The largest absolute Gasteiger partial charge is 0.493 e. The normalized spacial score (nSPS) is 16.9. The standard InChI is InChI=1S/C31H31N3O6S/c1-32-27-12-11-23(41(36,37)34-14-16-39-17-15-34)20-25(27)26(31(32)35)19-22-21-33(28-8-4-3-7-24(22)28)13-18-40-30-10-6-5-9-29(30)38-2/h3-12,19-21H,13-18H2,1-2H3. The lowest BCUT2D eigenvalue weighted by molar-refractivity contribution is -0.112. The molecular formula is C31H31N3O6S. The molecule has 0 bridgehead atoms. The summed E-state index contributed by atoms with van der Waals surface area (Å²) in [6.45, 7) is 2.34. The van der Waals surface area contributed by atoms with Crippen LogP contribution in [0.3, 0.4) is 0 Å². The molecule has 6 rings (SSSR count). The van der Waals surface area contributed by atoms with Gasteiger partial charge in [0.25, 0.3) is 5.91 Å². The van der Waals surface area contributed by atoms with E-state index in [-0.39, 0.29) is 10.8 Å². The molecule has 0 radical (unpaired) electrons. The van der Waals surface area contributed by atoms with E-state index in [1.807, 2.05) is 60.8 Å². The molecule has 0 spiro atoms. The molecule has 1 aromatic heterocycles. The van der Waals surface area contributed by atoms with Gasteiger partial charge in [-0.3, -0.25) is 4.79 Å². The molecule has 212 valence electrons. The number of amides is 1. The number of sulfonamides is 1. The van der Waals surface area contributed by atoms with Gasteiger partial charge in [-0.05, 0) is 42.5 Å². The Labute approximate surface area is 239 Å². The lowest BCUT2D eigenvalue weighted by Gasteiger charge is -2.26. The van der Waals surface area contributed by atoms with Crippen molar-refractivity contribution >= 4 is 44.2 Å². The molecule has 0 atom stereocenters. The Kier molecular flexibility index (Phi) is 7.29. The third kappa shape index (κ3) is 4.99. The Balaban J connectivity index is 1.34. The first-order chi connectivity index (χ1) is 19.9. The molecule has 2 aliphatic heterocycles. The van der Waals surface area contributed by atoms with Gasteiger partial charge in [0.15, 0.2) is 11.5 Å². The molecule has 3 heterocycles. The zero-order valence-corrected chi connectivity index (χ0v) is 23.8. The van der Waals surface area contributed by atoms with Crippen LogP contribution in [0.1, 0.15) is 11.1 Å². The van der Waals surface area contributed by atoms with Gasteiger partial charge in [0.1, 0.15) is 6.61 Å². The van der Waals surface area contributed by atoms with Crippen molar-refractivity contribution in [1.29, 1.82) is 0 Å². The van der Waals surface area contributed by atoms with Crippen molar-refractivity contribution in [2.45, 2.75) is 11.4 Å². The quantitative estimate of drug-likeness (QED) is 0.293. The lowest BCUT2D eigenvalue weighted by Crippen LogP contribution is -2.40. The minimum absolute atomic E-state index is 0.170. The molecule has 41 heavy (non-hydrogen) atoms. The van der Waals surface area contributed by atoms with Crippen molar-refractivity contribution in [2.24, 2.45) is 0 Å². The van der Waals surface area contributed by atoms with Crippen LogP contribution in [-0.2, 0) is 26.1 Å². The molecule has 9 nitrogen and oxygen atoms in total. The molecule has 10 heteroatoms. The first kappa shape index (κ1) is 27.1. The third-order valence-electron chi connectivity index (χ3n) is 7.54. The van der Waals surface area contributed by atoms with Crippen LogP contribution in [0, 0.1) is 0 Å². The number of methoxy groups -OCH3 is 1. The van der Waals surface area contributed by atoms with E-state index < -0.39 is 10.0 Å². The van der Waals surface area contributed by atoms with Crippen molar-refractivity contribution in [3.05, 3.63) is 84.1 Å². The summed E-state index contributed by atoms with van der Waals surface area (Å²) in [5.41, 5.74) is 3.60. The fourth-order valence-electron chi connectivity index (χ4n) is 5.39. The first-order valence-corrected chi connectivity index (χ1v) is 14.9. The summed E-state index contributed by atoms with van der Waals surface area (Å²) in [5, 5.41) is 0.985. The number of rotatable bonds is 8. The maximum absolute atomic E-state index is 13.4. The second-order valence-corrected chi connectivity index (χ2v) is 11.8. The van der Waals surface area contributed by atoms with Crippen molar-refractivity contribution in [2.75, 3.05) is 52.0 Å². The van der Waals surface area contributed by atoms with E-state index >= 15 is 0 Å². The highest BCUT2D eigenvalue weighted by Gasteiger charge is 2.33. The van der Waals surface area contributed by atoms with Crippen LogP contribution in [0.2, 0.25) is 0 Å². The third-order valence-corrected chi connectivity index (χ3v) is 9.44. The van der Waals surface area contributed by atoms with Gasteiger partial charge in [-0.1, -0.05) is 30.3 Å². The summed E-state index contributed by atoms with van der Waals surface area (Å²) in [6, 6.07) is 20.4. The summed E-state index contributed by atoms with van der Waals surface area (Å²) in [4.78, 5) is 15.1. The number of morpholine rings is 1. The summed E-state index contributed by atoms with van der Waals surface area (Å²) < 4.78 is 47.0. The number of anilines is 1. The van der Waals surface area contributed by atoms with Gasteiger partial charge in [0.2, 0.25) is 10.0 Å². The maximum atomic E-state index is 13.4. The molecule has 3 aromatic carbocycles. The fourth-order valence-corrected chi connectivity index (χ4v) is 6.82. The highest BCUT2D eigenvalue weighted by Crippen LogP contribution is 2.39. The van der Waals surface area contributed by atoms with Gasteiger partial charge >= 0.3 is 0 Å². The number of carbonyl (C=O) groups excluding carboxylic acids is 1. The molecular weight excluding hydrogens is 542 g/mol. The van der Waals surface area contributed by atoms with Gasteiger partial charge in [-0.15, -0.1) is 0 Å². The monoisotopic (exact) mass is 573 g/mol. The van der Waals surface area contributed by atoms with E-state index in [4.69, 9.17) is 14.2 Å². The molecule has 2 aliphatic rings. The predicted molar refractivity (Wildman–Crippen MR) is 158 cm³/mol. The highest BCUT2D eigenvalue weighted by molar-refractivity contribution is 7.89. The smallest absolute Gasteiger partial charge is 0.258 e. The van der Waals surface area contributed by atoms with Crippen LogP contribution in [-0.4, -0.2) is 70.3 Å². The van der Waals surface area contributed by atoms with Gasteiger partial charge in [-0.25, -0.2) is 8.42 Å². The Morgan fingerprint density at radius 2 is 1.71 bits per heavy atom. The number of likely N-dealkylation sites (N-methyl/N-ethyl adjacent to an activating group) is 1.